The molecule has 1 aromatic heterocycles. The molecule has 1 fully saturated rings. The normalized spacial score (nSPS) is 20.9. The zero-order valence-corrected chi connectivity index (χ0v) is 9.13. The molecular weight excluding hydrogens is 202 g/mol. The molecule has 1 atom stereocenters. The lowest BCUT2D eigenvalue weighted by Crippen LogP contribution is -2.31. The Bertz CT molecular complexity index is 399. The topological polar surface area (TPSA) is 60.2 Å². The second-order valence-electron chi connectivity index (χ2n) is 4.07. The number of pyridine rings is 1. The van der Waals surface area contributed by atoms with Gasteiger partial charge in [-0.25, -0.2) is 4.98 Å². The Morgan fingerprint density at radius 3 is 3.25 bits per heavy atom. The lowest BCUT2D eigenvalue weighted by Gasteiger charge is -2.22. The summed E-state index contributed by atoms with van der Waals surface area (Å²) in [5.41, 5.74) is 1.44. The molecule has 1 N–H and O–H groups in total. The summed E-state index contributed by atoms with van der Waals surface area (Å²) in [5.74, 6) is 0. The molecule has 4 heteroatoms. The van der Waals surface area contributed by atoms with E-state index in [-0.39, 0.29) is 12.6 Å². The molecule has 1 saturated heterocycles. The lowest BCUT2D eigenvalue weighted by molar-refractivity contribution is 0.153. The van der Waals surface area contributed by atoms with Gasteiger partial charge in [0.1, 0.15) is 11.8 Å². The Kier molecular flexibility index (Phi) is 3.50. The molecule has 0 aliphatic carbocycles. The maximum atomic E-state index is 9.22. The highest BCUT2D eigenvalue weighted by molar-refractivity contribution is 5.30. The van der Waals surface area contributed by atoms with Crippen LogP contribution in [0.2, 0.25) is 0 Å². The van der Waals surface area contributed by atoms with E-state index in [1.807, 2.05) is 12.1 Å². The predicted molar refractivity (Wildman–Crippen MR) is 59.5 cm³/mol. The zero-order valence-electron chi connectivity index (χ0n) is 9.13. The average Bonchev–Trinajstić information content (AvgIpc) is 2.77. The van der Waals surface area contributed by atoms with E-state index in [4.69, 9.17) is 5.26 Å². The minimum atomic E-state index is 0.197. The summed E-state index contributed by atoms with van der Waals surface area (Å²) in [6, 6.07) is 6.12. The highest BCUT2D eigenvalue weighted by atomic mass is 16.3. The maximum absolute atomic E-state index is 9.22. The smallest absolute Gasteiger partial charge is 0.144 e. The number of nitriles is 1. The second kappa shape index (κ2) is 5.06. The van der Waals surface area contributed by atoms with Crippen molar-refractivity contribution in [1.29, 1.82) is 5.26 Å². The van der Waals surface area contributed by atoms with Gasteiger partial charge in [0.2, 0.25) is 0 Å². The van der Waals surface area contributed by atoms with Crippen LogP contribution in [0.3, 0.4) is 0 Å². The molecule has 1 aliphatic rings. The van der Waals surface area contributed by atoms with E-state index in [9.17, 15) is 5.11 Å². The molecular formula is C12H15N3O. The molecule has 16 heavy (non-hydrogen) atoms. The Hall–Kier alpha value is -1.44. The summed E-state index contributed by atoms with van der Waals surface area (Å²) < 4.78 is 0. The van der Waals surface area contributed by atoms with E-state index < -0.39 is 0 Å². The van der Waals surface area contributed by atoms with E-state index in [2.05, 4.69) is 16.0 Å². The van der Waals surface area contributed by atoms with Gasteiger partial charge < -0.3 is 5.11 Å². The van der Waals surface area contributed by atoms with Gasteiger partial charge in [0.15, 0.2) is 0 Å². The molecule has 2 rings (SSSR count). The van der Waals surface area contributed by atoms with Gasteiger partial charge >= 0.3 is 0 Å². The summed E-state index contributed by atoms with van der Waals surface area (Å²) in [5, 5.41) is 18.2. The number of nitrogens with zero attached hydrogens (tertiary/aromatic N) is 3. The van der Waals surface area contributed by atoms with Crippen LogP contribution in [0, 0.1) is 11.3 Å². The summed E-state index contributed by atoms with van der Waals surface area (Å²) in [6.07, 6.45) is 3.79. The average molecular weight is 217 g/mol. The van der Waals surface area contributed by atoms with Crippen LogP contribution in [0.15, 0.2) is 18.3 Å². The third-order valence-electron chi connectivity index (χ3n) is 3.08. The van der Waals surface area contributed by atoms with Crippen molar-refractivity contribution in [2.45, 2.75) is 25.4 Å². The van der Waals surface area contributed by atoms with Crippen LogP contribution in [0.1, 0.15) is 24.1 Å². The molecule has 84 valence electrons. The van der Waals surface area contributed by atoms with Crippen LogP contribution in [0.4, 0.5) is 0 Å². The van der Waals surface area contributed by atoms with E-state index in [0.717, 1.165) is 24.9 Å². The van der Waals surface area contributed by atoms with Crippen LogP contribution in [0.5, 0.6) is 0 Å². The minimum Gasteiger partial charge on any atom is -0.395 e. The Morgan fingerprint density at radius 2 is 2.50 bits per heavy atom. The van der Waals surface area contributed by atoms with Crippen molar-refractivity contribution in [3.8, 4) is 6.07 Å². The predicted octanol–water partition coefficient (Wildman–Crippen LogP) is 0.910. The van der Waals surface area contributed by atoms with E-state index in [1.165, 1.54) is 0 Å². The van der Waals surface area contributed by atoms with Gasteiger partial charge in [0.05, 0.1) is 6.61 Å². The number of hydrogen-bond acceptors (Lipinski definition) is 4. The molecule has 2 heterocycles. The number of aliphatic hydroxyl groups is 1. The summed E-state index contributed by atoms with van der Waals surface area (Å²) in [7, 11) is 0. The molecule has 4 nitrogen and oxygen atoms in total. The van der Waals surface area contributed by atoms with Crippen molar-refractivity contribution in [1.82, 2.24) is 9.88 Å². The van der Waals surface area contributed by atoms with Gasteiger partial charge in [-0.2, -0.15) is 5.26 Å². The van der Waals surface area contributed by atoms with Gasteiger partial charge in [-0.3, -0.25) is 4.90 Å². The second-order valence-corrected chi connectivity index (χ2v) is 4.07. The first-order valence-electron chi connectivity index (χ1n) is 5.54. The molecule has 0 aromatic carbocycles. The van der Waals surface area contributed by atoms with Crippen LogP contribution in [-0.4, -0.2) is 34.2 Å². The van der Waals surface area contributed by atoms with E-state index >= 15 is 0 Å². The number of aliphatic hydroxyl groups excluding tert-OH is 1. The van der Waals surface area contributed by atoms with Gasteiger partial charge in [-0.05, 0) is 25.5 Å². The number of rotatable bonds is 3. The number of likely N-dealkylation sites (tertiary alicyclic amines) is 1. The van der Waals surface area contributed by atoms with Crippen LogP contribution in [0.25, 0.3) is 0 Å². The Labute approximate surface area is 95.1 Å². The third kappa shape index (κ3) is 2.21. The van der Waals surface area contributed by atoms with Crippen molar-refractivity contribution < 1.29 is 5.11 Å². The van der Waals surface area contributed by atoms with Gasteiger partial charge in [0, 0.05) is 24.3 Å². The SMILES string of the molecule is N#Cc1ncccc1CN1CCC[C@H]1CO. The van der Waals surface area contributed by atoms with Gasteiger partial charge in [-0.1, -0.05) is 6.07 Å². The molecule has 0 saturated carbocycles. The van der Waals surface area contributed by atoms with E-state index in [0.29, 0.717) is 12.2 Å². The molecule has 0 bridgehead atoms. The minimum absolute atomic E-state index is 0.197. The molecule has 0 spiro atoms. The fourth-order valence-electron chi connectivity index (χ4n) is 2.20. The lowest BCUT2D eigenvalue weighted by atomic mass is 10.1. The van der Waals surface area contributed by atoms with E-state index in [1.54, 1.807) is 6.20 Å². The van der Waals surface area contributed by atoms with Crippen molar-refractivity contribution in [2.24, 2.45) is 0 Å². The van der Waals surface area contributed by atoms with Crippen molar-refractivity contribution in [3.05, 3.63) is 29.6 Å². The monoisotopic (exact) mass is 217 g/mol. The maximum Gasteiger partial charge on any atom is 0.144 e. The summed E-state index contributed by atoms with van der Waals surface area (Å²) >= 11 is 0. The molecule has 0 unspecified atom stereocenters. The molecule has 1 aliphatic heterocycles. The molecule has 0 radical (unpaired) electrons. The first-order chi connectivity index (χ1) is 7.85. The third-order valence-corrected chi connectivity index (χ3v) is 3.08. The molecule has 1 aromatic rings. The quantitative estimate of drug-likeness (QED) is 0.817. The Balaban J connectivity index is 2.12. The highest BCUT2D eigenvalue weighted by Gasteiger charge is 2.24. The van der Waals surface area contributed by atoms with Crippen molar-refractivity contribution in [2.75, 3.05) is 13.2 Å². The van der Waals surface area contributed by atoms with Crippen LogP contribution >= 0.6 is 0 Å². The first-order valence-corrected chi connectivity index (χ1v) is 5.54. The standard InChI is InChI=1S/C12H15N3O/c13-7-12-10(3-1-5-14-12)8-15-6-2-4-11(15)9-16/h1,3,5,11,16H,2,4,6,8-9H2/t11-/m0/s1. The fraction of sp³-hybridized carbons (Fsp3) is 0.500. The van der Waals surface area contributed by atoms with Gasteiger partial charge in [0.25, 0.3) is 0 Å². The van der Waals surface area contributed by atoms with Crippen LogP contribution < -0.4 is 0 Å². The zero-order chi connectivity index (χ0) is 11.4. The van der Waals surface area contributed by atoms with Crippen LogP contribution in [-0.2, 0) is 6.54 Å². The van der Waals surface area contributed by atoms with Gasteiger partial charge in [-0.15, -0.1) is 0 Å². The number of hydrogen-bond donors (Lipinski definition) is 1. The summed E-state index contributed by atoms with van der Waals surface area (Å²) in [6.45, 7) is 1.90. The molecule has 0 amide bonds. The number of aromatic nitrogens is 1. The first kappa shape index (κ1) is 11.1. The largest absolute Gasteiger partial charge is 0.395 e. The van der Waals surface area contributed by atoms with Crippen molar-refractivity contribution in [3.63, 3.8) is 0 Å². The summed E-state index contributed by atoms with van der Waals surface area (Å²) in [4.78, 5) is 6.26. The fourth-order valence-corrected chi connectivity index (χ4v) is 2.20. The highest BCUT2D eigenvalue weighted by Crippen LogP contribution is 2.20. The Morgan fingerprint density at radius 1 is 1.62 bits per heavy atom. The van der Waals surface area contributed by atoms with Crippen molar-refractivity contribution >= 4 is 0 Å².